The smallest absolute Gasteiger partial charge is 0.312 e. The number of hydrogen-bond donors (Lipinski definition) is 0. The van der Waals surface area contributed by atoms with Crippen molar-refractivity contribution in [1.29, 1.82) is 0 Å². The van der Waals surface area contributed by atoms with Crippen LogP contribution in [0.25, 0.3) is 0 Å². The zero-order chi connectivity index (χ0) is 14.5. The molecule has 0 amide bonds. The number of rotatable bonds is 5. The Kier molecular flexibility index (Phi) is 4.57. The van der Waals surface area contributed by atoms with Gasteiger partial charge in [0.25, 0.3) is 0 Å². The summed E-state index contributed by atoms with van der Waals surface area (Å²) in [7, 11) is 0. The number of ether oxygens (including phenoxy) is 2. The predicted octanol–water partition coefficient (Wildman–Crippen LogP) is 4.55. The van der Waals surface area contributed by atoms with E-state index >= 15 is 0 Å². The van der Waals surface area contributed by atoms with Crippen LogP contribution in [0.15, 0.2) is 46.9 Å². The van der Waals surface area contributed by atoms with Gasteiger partial charge in [0.1, 0.15) is 11.5 Å². The van der Waals surface area contributed by atoms with Crippen molar-refractivity contribution < 1.29 is 14.4 Å². The largest absolute Gasteiger partial charge is 0.494 e. The van der Waals surface area contributed by atoms with E-state index in [1.54, 1.807) is 36.4 Å². The van der Waals surface area contributed by atoms with Crippen LogP contribution in [0.1, 0.15) is 6.92 Å². The van der Waals surface area contributed by atoms with E-state index in [1.807, 2.05) is 6.92 Å². The fourth-order valence-corrected chi connectivity index (χ4v) is 1.97. The maximum absolute atomic E-state index is 11.0. The van der Waals surface area contributed by atoms with Gasteiger partial charge < -0.3 is 9.47 Å². The average molecular weight is 338 g/mol. The highest BCUT2D eigenvalue weighted by molar-refractivity contribution is 9.10. The molecule has 2 rings (SSSR count). The molecule has 0 aliphatic heterocycles. The van der Waals surface area contributed by atoms with Crippen LogP contribution in [-0.2, 0) is 0 Å². The van der Waals surface area contributed by atoms with Crippen molar-refractivity contribution in [3.8, 4) is 17.2 Å². The highest BCUT2D eigenvalue weighted by Crippen LogP contribution is 2.34. The lowest BCUT2D eigenvalue weighted by atomic mass is 10.3. The Hall–Kier alpha value is -2.08. The minimum absolute atomic E-state index is 0.0896. The minimum atomic E-state index is -0.478. The van der Waals surface area contributed by atoms with Gasteiger partial charge in [0.15, 0.2) is 0 Å². The van der Waals surface area contributed by atoms with Crippen LogP contribution < -0.4 is 9.47 Å². The lowest BCUT2D eigenvalue weighted by Gasteiger charge is -2.08. The molecule has 0 fully saturated rings. The van der Waals surface area contributed by atoms with Crippen LogP contribution in [0.5, 0.6) is 17.2 Å². The summed E-state index contributed by atoms with van der Waals surface area (Å²) in [5, 5.41) is 11.0. The van der Waals surface area contributed by atoms with E-state index in [0.29, 0.717) is 16.8 Å². The zero-order valence-electron chi connectivity index (χ0n) is 10.7. The van der Waals surface area contributed by atoms with Gasteiger partial charge in [-0.3, -0.25) is 10.1 Å². The quantitative estimate of drug-likeness (QED) is 0.593. The summed E-state index contributed by atoms with van der Waals surface area (Å²) < 4.78 is 11.5. The van der Waals surface area contributed by atoms with E-state index in [4.69, 9.17) is 9.47 Å². The molecule has 0 saturated carbocycles. The first-order chi connectivity index (χ1) is 9.60. The molecule has 0 aromatic heterocycles. The third-order valence-electron chi connectivity index (χ3n) is 2.48. The Balaban J connectivity index is 2.23. The van der Waals surface area contributed by atoms with E-state index in [-0.39, 0.29) is 11.4 Å². The van der Waals surface area contributed by atoms with E-state index in [9.17, 15) is 10.1 Å². The van der Waals surface area contributed by atoms with Crippen LogP contribution >= 0.6 is 15.9 Å². The molecule has 0 atom stereocenters. The molecule has 20 heavy (non-hydrogen) atoms. The second-order valence-electron chi connectivity index (χ2n) is 3.88. The lowest BCUT2D eigenvalue weighted by molar-refractivity contribution is -0.385. The van der Waals surface area contributed by atoms with E-state index in [0.717, 1.165) is 5.75 Å². The Morgan fingerprint density at radius 1 is 1.15 bits per heavy atom. The molecule has 2 aromatic rings. The van der Waals surface area contributed by atoms with Crippen molar-refractivity contribution in [2.24, 2.45) is 0 Å². The number of benzene rings is 2. The second kappa shape index (κ2) is 6.38. The molecule has 0 bridgehead atoms. The molecule has 0 aliphatic carbocycles. The molecule has 6 heteroatoms. The highest BCUT2D eigenvalue weighted by Gasteiger charge is 2.16. The third-order valence-corrected chi connectivity index (χ3v) is 2.97. The van der Waals surface area contributed by atoms with Crippen molar-refractivity contribution in [1.82, 2.24) is 0 Å². The number of halogens is 1. The van der Waals surface area contributed by atoms with E-state index < -0.39 is 4.92 Å². The van der Waals surface area contributed by atoms with Crippen LogP contribution in [0.2, 0.25) is 0 Å². The molecule has 0 spiro atoms. The van der Waals surface area contributed by atoms with Crippen molar-refractivity contribution in [2.75, 3.05) is 6.61 Å². The van der Waals surface area contributed by atoms with Gasteiger partial charge in [-0.15, -0.1) is 0 Å². The zero-order valence-corrected chi connectivity index (χ0v) is 12.3. The van der Waals surface area contributed by atoms with Crippen molar-refractivity contribution in [2.45, 2.75) is 6.92 Å². The molecule has 0 radical (unpaired) electrons. The molecular formula is C14H12BrNO4. The normalized spacial score (nSPS) is 10.1. The number of nitro groups is 1. The highest BCUT2D eigenvalue weighted by atomic mass is 79.9. The molecular weight excluding hydrogens is 326 g/mol. The molecule has 104 valence electrons. The molecule has 2 aromatic carbocycles. The SMILES string of the molecule is CCOc1ccc(Oc2ccc(Br)cc2[N+](=O)[O-])cc1. The molecule has 0 aliphatic rings. The first kappa shape index (κ1) is 14.3. The summed E-state index contributed by atoms with van der Waals surface area (Å²) >= 11 is 3.20. The summed E-state index contributed by atoms with van der Waals surface area (Å²) in [6.07, 6.45) is 0. The summed E-state index contributed by atoms with van der Waals surface area (Å²) in [5.41, 5.74) is -0.0896. The molecule has 0 N–H and O–H groups in total. The maximum Gasteiger partial charge on any atom is 0.312 e. The van der Waals surface area contributed by atoms with Crippen molar-refractivity contribution in [3.63, 3.8) is 0 Å². The first-order valence-electron chi connectivity index (χ1n) is 5.95. The Labute approximate surface area is 124 Å². The predicted molar refractivity (Wildman–Crippen MR) is 78.5 cm³/mol. The summed E-state index contributed by atoms with van der Waals surface area (Å²) in [4.78, 5) is 10.5. The summed E-state index contributed by atoms with van der Waals surface area (Å²) in [6.45, 7) is 2.48. The Bertz CT molecular complexity index is 613. The Morgan fingerprint density at radius 3 is 2.40 bits per heavy atom. The van der Waals surface area contributed by atoms with Crippen molar-refractivity contribution >= 4 is 21.6 Å². The van der Waals surface area contributed by atoms with Crippen molar-refractivity contribution in [3.05, 3.63) is 57.1 Å². The fourth-order valence-electron chi connectivity index (χ4n) is 1.62. The van der Waals surface area contributed by atoms with Gasteiger partial charge in [0, 0.05) is 10.5 Å². The molecule has 0 saturated heterocycles. The van der Waals surface area contributed by atoms with Crippen LogP contribution in [0, 0.1) is 10.1 Å². The maximum atomic E-state index is 11.0. The van der Waals surface area contributed by atoms with Gasteiger partial charge in [0.2, 0.25) is 5.75 Å². The van der Waals surface area contributed by atoms with Gasteiger partial charge in [0.05, 0.1) is 11.5 Å². The lowest BCUT2D eigenvalue weighted by Crippen LogP contribution is -1.94. The topological polar surface area (TPSA) is 61.6 Å². The average Bonchev–Trinajstić information content (AvgIpc) is 2.43. The molecule has 0 unspecified atom stereocenters. The number of nitro benzene ring substituents is 1. The molecule has 5 nitrogen and oxygen atoms in total. The van der Waals surface area contributed by atoms with Gasteiger partial charge in [-0.25, -0.2) is 0 Å². The fraction of sp³-hybridized carbons (Fsp3) is 0.143. The summed E-state index contributed by atoms with van der Waals surface area (Å²) in [5.74, 6) is 1.44. The minimum Gasteiger partial charge on any atom is -0.494 e. The van der Waals surface area contributed by atoms with E-state index in [1.165, 1.54) is 6.07 Å². The Morgan fingerprint density at radius 2 is 1.80 bits per heavy atom. The van der Waals surface area contributed by atoms with Crippen LogP contribution in [-0.4, -0.2) is 11.5 Å². The van der Waals surface area contributed by atoms with Gasteiger partial charge in [-0.2, -0.15) is 0 Å². The van der Waals surface area contributed by atoms with Crippen LogP contribution in [0.4, 0.5) is 5.69 Å². The number of hydrogen-bond acceptors (Lipinski definition) is 4. The standard InChI is InChI=1S/C14H12BrNO4/c1-2-19-11-4-6-12(7-5-11)20-14-8-3-10(15)9-13(14)16(17)18/h3-9H,2H2,1H3. The number of nitrogens with zero attached hydrogens (tertiary/aromatic N) is 1. The van der Waals surface area contributed by atoms with Crippen LogP contribution in [0.3, 0.4) is 0 Å². The first-order valence-corrected chi connectivity index (χ1v) is 6.74. The van der Waals surface area contributed by atoms with Gasteiger partial charge in [-0.05, 0) is 43.3 Å². The second-order valence-corrected chi connectivity index (χ2v) is 4.79. The third kappa shape index (κ3) is 3.48. The van der Waals surface area contributed by atoms with E-state index in [2.05, 4.69) is 15.9 Å². The van der Waals surface area contributed by atoms with Gasteiger partial charge >= 0.3 is 5.69 Å². The molecule has 0 heterocycles. The monoisotopic (exact) mass is 337 g/mol. The summed E-state index contributed by atoms with van der Waals surface area (Å²) in [6, 6.07) is 11.6. The van der Waals surface area contributed by atoms with Gasteiger partial charge in [-0.1, -0.05) is 15.9 Å².